The molecule has 1 aromatic heterocycles. The summed E-state index contributed by atoms with van der Waals surface area (Å²) in [7, 11) is 2.23. The van der Waals surface area contributed by atoms with E-state index in [9.17, 15) is 0 Å². The van der Waals surface area contributed by atoms with Crippen LogP contribution in [-0.4, -0.2) is 71.6 Å². The Morgan fingerprint density at radius 2 is 1.78 bits per heavy atom. The molecule has 0 spiro atoms. The van der Waals surface area contributed by atoms with Gasteiger partial charge >= 0.3 is 0 Å². The third kappa shape index (κ3) is 3.03. The fourth-order valence-corrected chi connectivity index (χ4v) is 4.12. The highest BCUT2D eigenvalue weighted by molar-refractivity contribution is 5.81. The molecule has 2 aliphatic rings. The Labute approximate surface area is 139 Å². The Morgan fingerprint density at radius 3 is 2.61 bits per heavy atom. The second-order valence-electron chi connectivity index (χ2n) is 7.27. The summed E-state index contributed by atoms with van der Waals surface area (Å²) in [6, 6.07) is 11.8. The van der Waals surface area contributed by atoms with Gasteiger partial charge < -0.3 is 9.47 Å². The minimum absolute atomic E-state index is 0.652. The molecule has 124 valence electrons. The fourth-order valence-electron chi connectivity index (χ4n) is 4.12. The van der Waals surface area contributed by atoms with Crippen LogP contribution in [0.25, 0.3) is 10.9 Å². The summed E-state index contributed by atoms with van der Waals surface area (Å²) in [6.07, 6.45) is 0. The third-order valence-electron chi connectivity index (χ3n) is 5.61. The van der Waals surface area contributed by atoms with Crippen molar-refractivity contribution in [2.45, 2.75) is 26.1 Å². The van der Waals surface area contributed by atoms with Crippen molar-refractivity contribution in [2.75, 3.05) is 46.3 Å². The first-order valence-electron chi connectivity index (χ1n) is 8.93. The Morgan fingerprint density at radius 1 is 1.00 bits per heavy atom. The number of likely N-dealkylation sites (N-methyl/N-ethyl adjacent to an activating group) is 1. The zero-order valence-corrected chi connectivity index (χ0v) is 14.4. The summed E-state index contributed by atoms with van der Waals surface area (Å²) in [5.74, 6) is 0. The molecular weight excluding hydrogens is 284 g/mol. The highest BCUT2D eigenvalue weighted by Gasteiger charge is 2.24. The molecule has 2 aromatic rings. The van der Waals surface area contributed by atoms with Gasteiger partial charge in [0, 0.05) is 69.6 Å². The van der Waals surface area contributed by atoms with Crippen molar-refractivity contribution in [3.05, 3.63) is 36.0 Å². The van der Waals surface area contributed by atoms with Gasteiger partial charge in [-0.25, -0.2) is 0 Å². The summed E-state index contributed by atoms with van der Waals surface area (Å²) in [4.78, 5) is 7.73. The van der Waals surface area contributed by atoms with Crippen LogP contribution in [0, 0.1) is 0 Å². The van der Waals surface area contributed by atoms with Crippen molar-refractivity contribution in [3.8, 4) is 0 Å². The lowest BCUT2D eigenvalue weighted by molar-refractivity contribution is 0.0861. The number of rotatable bonds is 3. The molecule has 23 heavy (non-hydrogen) atoms. The minimum atomic E-state index is 0.652. The second-order valence-corrected chi connectivity index (χ2v) is 7.27. The van der Waals surface area contributed by atoms with Crippen molar-refractivity contribution in [3.63, 3.8) is 0 Å². The van der Waals surface area contributed by atoms with Crippen LogP contribution in [0.1, 0.15) is 12.6 Å². The minimum Gasteiger partial charge on any atom is -0.342 e. The molecule has 1 saturated heterocycles. The number of hydrogen-bond donors (Lipinski definition) is 0. The molecule has 0 N–H and O–H groups in total. The van der Waals surface area contributed by atoms with Gasteiger partial charge in [0.25, 0.3) is 0 Å². The Balaban J connectivity index is 1.42. The van der Waals surface area contributed by atoms with Crippen LogP contribution in [0.5, 0.6) is 0 Å². The quantitative estimate of drug-likeness (QED) is 0.862. The van der Waals surface area contributed by atoms with Gasteiger partial charge in [0.1, 0.15) is 0 Å². The summed E-state index contributed by atoms with van der Waals surface area (Å²) >= 11 is 0. The molecule has 4 rings (SSSR count). The average Bonchev–Trinajstić information content (AvgIpc) is 2.93. The Hall–Kier alpha value is -1.36. The van der Waals surface area contributed by atoms with E-state index in [0.29, 0.717) is 6.04 Å². The number of nitrogens with zero attached hydrogens (tertiary/aromatic N) is 4. The summed E-state index contributed by atoms with van der Waals surface area (Å²) in [6.45, 7) is 11.8. The van der Waals surface area contributed by atoms with Crippen molar-refractivity contribution in [1.82, 2.24) is 19.3 Å². The lowest BCUT2D eigenvalue weighted by Crippen LogP contribution is -2.51. The van der Waals surface area contributed by atoms with E-state index in [1.165, 1.54) is 55.9 Å². The smallest absolute Gasteiger partial charge is 0.0483 e. The molecule has 1 aromatic carbocycles. The average molecular weight is 312 g/mol. The largest absolute Gasteiger partial charge is 0.342 e. The number of hydrogen-bond acceptors (Lipinski definition) is 3. The van der Waals surface area contributed by atoms with E-state index in [-0.39, 0.29) is 0 Å². The van der Waals surface area contributed by atoms with Crippen LogP contribution in [0.15, 0.2) is 30.3 Å². The van der Waals surface area contributed by atoms with Crippen molar-refractivity contribution in [2.24, 2.45) is 0 Å². The maximum Gasteiger partial charge on any atom is 0.0483 e. The van der Waals surface area contributed by atoms with Crippen LogP contribution < -0.4 is 0 Å². The highest BCUT2D eigenvalue weighted by Crippen LogP contribution is 2.24. The van der Waals surface area contributed by atoms with E-state index in [2.05, 4.69) is 63.6 Å². The van der Waals surface area contributed by atoms with Gasteiger partial charge in [-0.15, -0.1) is 0 Å². The predicted molar refractivity (Wildman–Crippen MR) is 95.7 cm³/mol. The van der Waals surface area contributed by atoms with E-state index in [1.54, 1.807) is 0 Å². The first kappa shape index (κ1) is 15.2. The van der Waals surface area contributed by atoms with E-state index < -0.39 is 0 Å². The molecule has 1 atom stereocenters. The maximum atomic E-state index is 2.66. The third-order valence-corrected chi connectivity index (χ3v) is 5.61. The van der Waals surface area contributed by atoms with Crippen LogP contribution in [0.2, 0.25) is 0 Å². The fraction of sp³-hybridized carbons (Fsp3) is 0.579. The molecule has 1 unspecified atom stereocenters. The van der Waals surface area contributed by atoms with Crippen molar-refractivity contribution in [1.29, 1.82) is 0 Å². The lowest BCUT2D eigenvalue weighted by Gasteiger charge is -2.39. The molecule has 0 radical (unpaired) electrons. The number of fused-ring (bicyclic) bond motifs is 3. The van der Waals surface area contributed by atoms with Crippen molar-refractivity contribution < 1.29 is 0 Å². The van der Waals surface area contributed by atoms with Gasteiger partial charge in [-0.3, -0.25) is 9.80 Å². The number of benzene rings is 1. The molecular formula is C19H28N4. The van der Waals surface area contributed by atoms with Gasteiger partial charge in [0.05, 0.1) is 0 Å². The van der Waals surface area contributed by atoms with E-state index in [4.69, 9.17) is 0 Å². The SMILES string of the molecule is CC(CN1CCn2c(cc3ccccc32)C1)N1CCN(C)CC1. The van der Waals surface area contributed by atoms with Gasteiger partial charge in [0.15, 0.2) is 0 Å². The molecule has 4 nitrogen and oxygen atoms in total. The maximum absolute atomic E-state index is 2.66. The van der Waals surface area contributed by atoms with Gasteiger partial charge in [-0.1, -0.05) is 18.2 Å². The second kappa shape index (κ2) is 6.27. The zero-order valence-electron chi connectivity index (χ0n) is 14.4. The van der Waals surface area contributed by atoms with E-state index in [0.717, 1.165) is 13.1 Å². The standard InChI is InChI=1S/C19H28N4/c1-16(22-10-7-20(2)8-11-22)14-21-9-12-23-18(15-21)13-17-5-3-4-6-19(17)23/h3-6,13,16H,7-12,14-15H2,1-2H3. The van der Waals surface area contributed by atoms with Gasteiger partial charge in [-0.05, 0) is 31.5 Å². The lowest BCUT2D eigenvalue weighted by atomic mass is 10.2. The van der Waals surface area contributed by atoms with E-state index >= 15 is 0 Å². The van der Waals surface area contributed by atoms with Crippen LogP contribution >= 0.6 is 0 Å². The molecule has 0 saturated carbocycles. The van der Waals surface area contributed by atoms with Crippen LogP contribution in [-0.2, 0) is 13.1 Å². The Bertz CT molecular complexity index is 669. The summed E-state index contributed by atoms with van der Waals surface area (Å²) in [5.41, 5.74) is 2.87. The first-order chi connectivity index (χ1) is 11.2. The molecule has 2 aliphatic heterocycles. The Kier molecular flexibility index (Phi) is 4.14. The molecule has 0 amide bonds. The van der Waals surface area contributed by atoms with Gasteiger partial charge in [-0.2, -0.15) is 0 Å². The molecule has 1 fully saturated rings. The molecule has 3 heterocycles. The zero-order chi connectivity index (χ0) is 15.8. The molecule has 0 aliphatic carbocycles. The van der Waals surface area contributed by atoms with Crippen molar-refractivity contribution >= 4 is 10.9 Å². The molecule has 0 bridgehead atoms. The van der Waals surface area contributed by atoms with Gasteiger partial charge in [0.2, 0.25) is 0 Å². The summed E-state index contributed by atoms with van der Waals surface area (Å²) < 4.78 is 2.51. The number of aromatic nitrogens is 1. The first-order valence-corrected chi connectivity index (χ1v) is 8.93. The van der Waals surface area contributed by atoms with E-state index in [1.807, 2.05) is 0 Å². The van der Waals surface area contributed by atoms with Crippen LogP contribution in [0.3, 0.4) is 0 Å². The number of piperazine rings is 1. The number of para-hydroxylation sites is 1. The highest BCUT2D eigenvalue weighted by atomic mass is 15.3. The predicted octanol–water partition coefficient (Wildman–Crippen LogP) is 2.09. The topological polar surface area (TPSA) is 14.7 Å². The normalized spacial score (nSPS) is 22.3. The molecule has 4 heteroatoms. The summed E-state index contributed by atoms with van der Waals surface area (Å²) in [5, 5.41) is 1.39. The van der Waals surface area contributed by atoms with Crippen LogP contribution in [0.4, 0.5) is 0 Å². The monoisotopic (exact) mass is 312 g/mol.